The number of phenolic OH excluding ortho intramolecular Hbond substituents is 1. The zero-order chi connectivity index (χ0) is 25.6. The number of aromatic hydroxyl groups is 1. The maximum absolute atomic E-state index is 10.3. The Labute approximate surface area is 214 Å². The summed E-state index contributed by atoms with van der Waals surface area (Å²) in [6, 6.07) is 6.10. The minimum atomic E-state index is 0.165. The second-order valence-electron chi connectivity index (χ2n) is 9.53. The van der Waals surface area contributed by atoms with Crippen molar-refractivity contribution in [1.29, 1.82) is 0 Å². The lowest BCUT2D eigenvalue weighted by Crippen LogP contribution is -2.42. The fraction of sp³-hybridized carbons (Fsp3) is 0.385. The van der Waals surface area contributed by atoms with E-state index >= 15 is 0 Å². The minimum absolute atomic E-state index is 0.165. The van der Waals surface area contributed by atoms with Crippen LogP contribution in [0.1, 0.15) is 29.0 Å². The monoisotopic (exact) mass is 505 g/mol. The molecule has 188 valence electrons. The zero-order valence-corrected chi connectivity index (χ0v) is 22.1. The Morgan fingerprint density at radius 1 is 1.14 bits per heavy atom. The van der Waals surface area contributed by atoms with Crippen molar-refractivity contribution in [3.8, 4) is 28.0 Å². The van der Waals surface area contributed by atoms with Crippen LogP contribution in [0.25, 0.3) is 21.3 Å². The molecule has 0 atom stereocenters. The standard InChI is InChI=1S/C26H31N7O2S/c1-14-6-7-20(34)15(2)23(14)35-25-22-18(19(13-28-24(22)27)26-31-30-16(3)36-26)12-21(29-25)33-10-8-17(9-11-33)32(4)5/h6-7,12-13,17,34H,8-11H2,1-5H3,(H2,27,28). The van der Waals surface area contributed by atoms with Gasteiger partial charge in [0.25, 0.3) is 0 Å². The maximum Gasteiger partial charge on any atom is 0.232 e. The zero-order valence-electron chi connectivity index (χ0n) is 21.2. The number of aryl methyl sites for hydroxylation is 2. The molecule has 3 N–H and O–H groups in total. The predicted molar refractivity (Wildman–Crippen MR) is 144 cm³/mol. The van der Waals surface area contributed by atoms with Gasteiger partial charge in [0.1, 0.15) is 33.1 Å². The highest BCUT2D eigenvalue weighted by Gasteiger charge is 2.25. The summed E-state index contributed by atoms with van der Waals surface area (Å²) in [5, 5.41) is 22.0. The van der Waals surface area contributed by atoms with E-state index in [1.807, 2.05) is 26.8 Å². The predicted octanol–water partition coefficient (Wildman–Crippen LogP) is 4.68. The van der Waals surface area contributed by atoms with E-state index in [2.05, 4.69) is 45.1 Å². The molecule has 0 radical (unpaired) electrons. The number of benzene rings is 1. The molecular formula is C26H31N7O2S. The molecule has 0 amide bonds. The average molecular weight is 506 g/mol. The van der Waals surface area contributed by atoms with Crippen LogP contribution in [0.5, 0.6) is 17.4 Å². The van der Waals surface area contributed by atoms with Gasteiger partial charge in [0, 0.05) is 41.8 Å². The van der Waals surface area contributed by atoms with Gasteiger partial charge in [0.15, 0.2) is 0 Å². The molecule has 0 spiro atoms. The molecule has 9 nitrogen and oxygen atoms in total. The van der Waals surface area contributed by atoms with Crippen LogP contribution in [0.3, 0.4) is 0 Å². The summed E-state index contributed by atoms with van der Waals surface area (Å²) < 4.78 is 6.44. The topological polar surface area (TPSA) is 114 Å². The van der Waals surface area contributed by atoms with Crippen LogP contribution in [0.15, 0.2) is 24.4 Å². The molecule has 0 aliphatic carbocycles. The Morgan fingerprint density at radius 3 is 2.56 bits per heavy atom. The van der Waals surface area contributed by atoms with Gasteiger partial charge in [-0.1, -0.05) is 17.4 Å². The van der Waals surface area contributed by atoms with Gasteiger partial charge < -0.3 is 25.4 Å². The van der Waals surface area contributed by atoms with Crippen molar-refractivity contribution in [2.45, 2.75) is 39.7 Å². The molecule has 1 aliphatic rings. The number of piperidine rings is 1. The van der Waals surface area contributed by atoms with Crippen LogP contribution in [-0.2, 0) is 0 Å². The molecule has 10 heteroatoms. The molecular weight excluding hydrogens is 474 g/mol. The summed E-state index contributed by atoms with van der Waals surface area (Å²) in [4.78, 5) is 14.0. The molecule has 1 aromatic carbocycles. The molecule has 1 fully saturated rings. The van der Waals surface area contributed by atoms with Crippen molar-refractivity contribution in [2.24, 2.45) is 0 Å². The number of anilines is 2. The Morgan fingerprint density at radius 2 is 1.89 bits per heavy atom. The number of ether oxygens (including phenoxy) is 1. The highest BCUT2D eigenvalue weighted by molar-refractivity contribution is 7.14. The molecule has 5 rings (SSSR count). The Kier molecular flexibility index (Phi) is 6.40. The summed E-state index contributed by atoms with van der Waals surface area (Å²) >= 11 is 1.51. The van der Waals surface area contributed by atoms with E-state index in [1.165, 1.54) is 11.3 Å². The second-order valence-corrected chi connectivity index (χ2v) is 10.7. The van der Waals surface area contributed by atoms with E-state index in [0.29, 0.717) is 34.4 Å². The van der Waals surface area contributed by atoms with Crippen molar-refractivity contribution in [3.63, 3.8) is 0 Å². The average Bonchev–Trinajstić information content (AvgIpc) is 3.30. The molecule has 0 unspecified atom stereocenters. The number of pyridine rings is 2. The SMILES string of the molecule is Cc1nnc(-c2cnc(N)c3c(Oc4c(C)ccc(O)c4C)nc(N4CCC(N(C)C)CC4)cc23)s1. The van der Waals surface area contributed by atoms with Crippen molar-refractivity contribution >= 4 is 33.7 Å². The number of phenols is 1. The third-order valence-electron chi connectivity index (χ3n) is 6.90. The first-order valence-electron chi connectivity index (χ1n) is 12.0. The van der Waals surface area contributed by atoms with E-state index in [-0.39, 0.29) is 5.75 Å². The lowest BCUT2D eigenvalue weighted by molar-refractivity contribution is 0.249. The Bertz CT molecular complexity index is 1430. The molecule has 1 saturated heterocycles. The smallest absolute Gasteiger partial charge is 0.232 e. The third kappa shape index (κ3) is 4.42. The fourth-order valence-corrected chi connectivity index (χ4v) is 5.45. The second kappa shape index (κ2) is 9.51. The van der Waals surface area contributed by atoms with Crippen molar-refractivity contribution in [1.82, 2.24) is 25.1 Å². The lowest BCUT2D eigenvalue weighted by Gasteiger charge is -2.36. The van der Waals surface area contributed by atoms with Gasteiger partial charge in [-0.2, -0.15) is 4.98 Å². The van der Waals surface area contributed by atoms with E-state index in [4.69, 9.17) is 15.5 Å². The first-order valence-corrected chi connectivity index (χ1v) is 12.8. The largest absolute Gasteiger partial charge is 0.508 e. The number of nitrogens with zero attached hydrogens (tertiary/aromatic N) is 6. The molecule has 4 aromatic rings. The number of hydrogen-bond acceptors (Lipinski definition) is 10. The van der Waals surface area contributed by atoms with Gasteiger partial charge in [-0.05, 0) is 65.4 Å². The summed E-state index contributed by atoms with van der Waals surface area (Å²) in [5.74, 6) is 2.23. The highest BCUT2D eigenvalue weighted by Crippen LogP contribution is 2.42. The minimum Gasteiger partial charge on any atom is -0.508 e. The molecule has 4 heterocycles. The molecule has 1 aliphatic heterocycles. The van der Waals surface area contributed by atoms with E-state index in [1.54, 1.807) is 12.3 Å². The van der Waals surface area contributed by atoms with E-state index in [0.717, 1.165) is 58.3 Å². The van der Waals surface area contributed by atoms with Crippen LogP contribution in [0.4, 0.5) is 11.6 Å². The number of nitrogens with two attached hydrogens (primary N) is 1. The summed E-state index contributed by atoms with van der Waals surface area (Å²) in [7, 11) is 4.26. The maximum atomic E-state index is 10.3. The van der Waals surface area contributed by atoms with Crippen LogP contribution < -0.4 is 15.4 Å². The van der Waals surface area contributed by atoms with Gasteiger partial charge in [-0.15, -0.1) is 10.2 Å². The third-order valence-corrected chi connectivity index (χ3v) is 7.77. The number of hydrogen-bond donors (Lipinski definition) is 2. The number of aromatic nitrogens is 4. The van der Waals surface area contributed by atoms with Crippen molar-refractivity contribution in [2.75, 3.05) is 37.8 Å². The first-order chi connectivity index (χ1) is 17.2. The van der Waals surface area contributed by atoms with Gasteiger partial charge >= 0.3 is 0 Å². The molecule has 36 heavy (non-hydrogen) atoms. The van der Waals surface area contributed by atoms with Gasteiger partial charge in [0.05, 0.1) is 5.39 Å². The summed E-state index contributed by atoms with van der Waals surface area (Å²) in [6.07, 6.45) is 3.84. The fourth-order valence-electron chi connectivity index (χ4n) is 4.73. The molecule has 0 saturated carbocycles. The van der Waals surface area contributed by atoms with Gasteiger partial charge in [-0.3, -0.25) is 0 Å². The number of nitrogen functional groups attached to an aromatic ring is 1. The molecule has 3 aromatic heterocycles. The first kappa shape index (κ1) is 24.2. The van der Waals surface area contributed by atoms with E-state index in [9.17, 15) is 5.11 Å². The van der Waals surface area contributed by atoms with Crippen LogP contribution in [0.2, 0.25) is 0 Å². The number of rotatable bonds is 5. The van der Waals surface area contributed by atoms with Gasteiger partial charge in [0.2, 0.25) is 5.88 Å². The Balaban J connectivity index is 1.69. The quantitative estimate of drug-likeness (QED) is 0.399. The van der Waals surface area contributed by atoms with Crippen LogP contribution in [-0.4, -0.2) is 63.4 Å². The van der Waals surface area contributed by atoms with Crippen molar-refractivity contribution in [3.05, 3.63) is 40.5 Å². The van der Waals surface area contributed by atoms with Crippen molar-refractivity contribution < 1.29 is 9.84 Å². The molecule has 0 bridgehead atoms. The van der Waals surface area contributed by atoms with Gasteiger partial charge in [-0.25, -0.2) is 4.98 Å². The van der Waals surface area contributed by atoms with E-state index < -0.39 is 0 Å². The number of fused-ring (bicyclic) bond motifs is 1. The summed E-state index contributed by atoms with van der Waals surface area (Å²) in [6.45, 7) is 7.47. The lowest BCUT2D eigenvalue weighted by atomic mass is 10.0. The normalized spacial score (nSPS) is 14.7. The highest BCUT2D eigenvalue weighted by atomic mass is 32.1. The Hall–Kier alpha value is -3.50. The summed E-state index contributed by atoms with van der Waals surface area (Å²) in [5.41, 5.74) is 8.79. The van der Waals surface area contributed by atoms with Crippen LogP contribution in [0, 0.1) is 20.8 Å². The van der Waals surface area contributed by atoms with Crippen LogP contribution >= 0.6 is 11.3 Å².